The molecule has 0 atom stereocenters. The molecular weight excluding hydrogens is 362 g/mol. The first-order valence-electron chi connectivity index (χ1n) is 9.51. The monoisotopic (exact) mass is 383 g/mol. The highest BCUT2D eigenvalue weighted by Crippen LogP contribution is 2.37. The Kier molecular flexibility index (Phi) is 5.47. The van der Waals surface area contributed by atoms with E-state index in [1.165, 1.54) is 0 Å². The van der Waals surface area contributed by atoms with Crippen LogP contribution in [-0.4, -0.2) is 16.0 Å². The Morgan fingerprint density at radius 2 is 1.76 bits per heavy atom. The summed E-state index contributed by atoms with van der Waals surface area (Å²) in [6, 6.07) is 21.7. The molecule has 29 heavy (non-hydrogen) atoms. The molecule has 0 saturated carbocycles. The number of aromatic nitrogens is 2. The van der Waals surface area contributed by atoms with E-state index in [-0.39, 0.29) is 5.91 Å². The van der Waals surface area contributed by atoms with Gasteiger partial charge in [-0.05, 0) is 42.7 Å². The number of anilines is 1. The highest BCUT2D eigenvalue weighted by atomic mass is 16.5. The van der Waals surface area contributed by atoms with Gasteiger partial charge in [0.05, 0.1) is 5.56 Å². The Labute approximate surface area is 169 Å². The van der Waals surface area contributed by atoms with Gasteiger partial charge in [0.1, 0.15) is 5.69 Å². The number of rotatable bonds is 6. The van der Waals surface area contributed by atoms with Crippen LogP contribution in [0.4, 0.5) is 5.88 Å². The zero-order chi connectivity index (χ0) is 20.1. The van der Waals surface area contributed by atoms with Crippen molar-refractivity contribution < 1.29 is 9.32 Å². The lowest BCUT2D eigenvalue weighted by Gasteiger charge is -2.07. The number of nitrogens with one attached hydrogen (secondary N) is 1. The number of carbonyl (C=O) groups excluding carboxylic acids is 1. The summed E-state index contributed by atoms with van der Waals surface area (Å²) in [6.45, 7) is 2.03. The average molecular weight is 383 g/mol. The Bertz CT molecular complexity index is 1110. The van der Waals surface area contributed by atoms with Crippen LogP contribution in [0.1, 0.15) is 17.5 Å². The summed E-state index contributed by atoms with van der Waals surface area (Å²) in [5.74, 6) is 0.238. The highest BCUT2D eigenvalue weighted by molar-refractivity contribution is 5.97. The van der Waals surface area contributed by atoms with Crippen LogP contribution in [0.3, 0.4) is 0 Å². The van der Waals surface area contributed by atoms with Crippen molar-refractivity contribution in [2.75, 3.05) is 5.32 Å². The van der Waals surface area contributed by atoms with Gasteiger partial charge in [0, 0.05) is 24.4 Å². The van der Waals surface area contributed by atoms with Crippen molar-refractivity contribution >= 4 is 11.8 Å². The minimum Gasteiger partial charge on any atom is -0.337 e. The Balaban J connectivity index is 1.62. The third kappa shape index (κ3) is 4.41. The normalized spacial score (nSPS) is 10.7. The van der Waals surface area contributed by atoms with E-state index in [1.54, 1.807) is 12.4 Å². The zero-order valence-corrected chi connectivity index (χ0v) is 16.1. The molecule has 5 nitrogen and oxygen atoms in total. The minimum absolute atomic E-state index is 0.115. The summed E-state index contributed by atoms with van der Waals surface area (Å²) in [6.07, 6.45) is 4.45. The van der Waals surface area contributed by atoms with Crippen molar-refractivity contribution in [3.8, 4) is 22.4 Å². The van der Waals surface area contributed by atoms with Crippen LogP contribution < -0.4 is 5.32 Å². The quantitative estimate of drug-likeness (QED) is 0.492. The summed E-state index contributed by atoms with van der Waals surface area (Å²) in [5.41, 5.74) is 5.51. The lowest BCUT2D eigenvalue weighted by Crippen LogP contribution is -2.12. The molecule has 2 aromatic carbocycles. The van der Waals surface area contributed by atoms with Gasteiger partial charge in [-0.1, -0.05) is 59.3 Å². The van der Waals surface area contributed by atoms with E-state index in [9.17, 15) is 4.79 Å². The third-order valence-electron chi connectivity index (χ3n) is 4.69. The molecule has 4 aromatic rings. The van der Waals surface area contributed by atoms with Gasteiger partial charge in [0.15, 0.2) is 0 Å². The van der Waals surface area contributed by atoms with Crippen LogP contribution in [0.5, 0.6) is 0 Å². The number of pyridine rings is 1. The van der Waals surface area contributed by atoms with Crippen molar-refractivity contribution in [1.29, 1.82) is 0 Å². The zero-order valence-electron chi connectivity index (χ0n) is 16.1. The molecule has 2 aromatic heterocycles. The fourth-order valence-electron chi connectivity index (χ4n) is 3.24. The summed E-state index contributed by atoms with van der Waals surface area (Å²) < 4.78 is 5.56. The smallest absolute Gasteiger partial charge is 0.239 e. The molecule has 144 valence electrons. The molecule has 0 aliphatic heterocycles. The molecule has 0 unspecified atom stereocenters. The van der Waals surface area contributed by atoms with Crippen LogP contribution >= 0.6 is 0 Å². The van der Waals surface area contributed by atoms with E-state index in [0.717, 1.165) is 27.8 Å². The number of hydrogen-bond acceptors (Lipinski definition) is 4. The maximum Gasteiger partial charge on any atom is 0.239 e. The Morgan fingerprint density at radius 1 is 0.966 bits per heavy atom. The maximum absolute atomic E-state index is 12.6. The van der Waals surface area contributed by atoms with Crippen molar-refractivity contribution in [3.63, 3.8) is 0 Å². The first-order chi connectivity index (χ1) is 14.2. The van der Waals surface area contributed by atoms with Gasteiger partial charge in [-0.2, -0.15) is 0 Å². The summed E-state index contributed by atoms with van der Waals surface area (Å²) in [4.78, 5) is 16.6. The Hall–Kier alpha value is -3.73. The second-order valence-electron chi connectivity index (χ2n) is 6.87. The van der Waals surface area contributed by atoms with Gasteiger partial charge in [-0.15, -0.1) is 0 Å². The van der Waals surface area contributed by atoms with E-state index in [2.05, 4.69) is 15.5 Å². The van der Waals surface area contributed by atoms with Crippen LogP contribution in [0.2, 0.25) is 0 Å². The van der Waals surface area contributed by atoms with Gasteiger partial charge in [0.25, 0.3) is 0 Å². The van der Waals surface area contributed by atoms with E-state index in [4.69, 9.17) is 4.52 Å². The Morgan fingerprint density at radius 3 is 2.52 bits per heavy atom. The van der Waals surface area contributed by atoms with E-state index >= 15 is 0 Å². The lowest BCUT2D eigenvalue weighted by molar-refractivity contribution is -0.116. The molecule has 0 aliphatic rings. The molecule has 4 rings (SSSR count). The molecule has 0 spiro atoms. The number of aryl methyl sites for hydroxylation is 2. The molecule has 0 aliphatic carbocycles. The second kappa shape index (κ2) is 8.52. The molecule has 2 heterocycles. The molecule has 0 bridgehead atoms. The predicted octanol–water partition coefficient (Wildman–Crippen LogP) is 5.28. The predicted molar refractivity (Wildman–Crippen MR) is 113 cm³/mol. The van der Waals surface area contributed by atoms with Gasteiger partial charge < -0.3 is 4.52 Å². The van der Waals surface area contributed by atoms with Crippen LogP contribution in [0.15, 0.2) is 83.6 Å². The van der Waals surface area contributed by atoms with Crippen LogP contribution in [0.25, 0.3) is 22.4 Å². The van der Waals surface area contributed by atoms with Crippen molar-refractivity contribution in [2.24, 2.45) is 0 Å². The number of benzene rings is 2. The summed E-state index contributed by atoms with van der Waals surface area (Å²) in [7, 11) is 0. The maximum atomic E-state index is 12.6. The number of carbonyl (C=O) groups is 1. The first kappa shape index (κ1) is 18.6. The first-order valence-corrected chi connectivity index (χ1v) is 9.51. The average Bonchev–Trinajstić information content (AvgIpc) is 3.17. The van der Waals surface area contributed by atoms with Gasteiger partial charge in [0.2, 0.25) is 11.8 Å². The fraction of sp³-hybridized carbons (Fsp3) is 0.125. The van der Waals surface area contributed by atoms with Crippen LogP contribution in [0, 0.1) is 6.92 Å². The largest absolute Gasteiger partial charge is 0.337 e. The molecule has 1 amide bonds. The standard InChI is InChI=1S/C24H21N3O2/c1-17-6-5-9-20(16-17)23-22(19-12-14-25-15-13-19)24(29-27-23)26-21(28)11-10-18-7-3-2-4-8-18/h2-9,12-16H,10-11H2,1H3,(H,26,28). The SMILES string of the molecule is Cc1cccc(-c2noc(NC(=O)CCc3ccccc3)c2-c2ccncc2)c1. The van der Waals surface area contributed by atoms with E-state index < -0.39 is 0 Å². The molecule has 5 heteroatoms. The van der Waals surface area contributed by atoms with Gasteiger partial charge in [-0.25, -0.2) is 0 Å². The molecule has 0 saturated heterocycles. The number of hydrogen-bond donors (Lipinski definition) is 1. The van der Waals surface area contributed by atoms with Crippen molar-refractivity contribution in [1.82, 2.24) is 10.1 Å². The topological polar surface area (TPSA) is 68.0 Å². The number of amides is 1. The van der Waals surface area contributed by atoms with Gasteiger partial charge >= 0.3 is 0 Å². The van der Waals surface area contributed by atoms with E-state index in [0.29, 0.717) is 24.4 Å². The molecule has 0 radical (unpaired) electrons. The molecular formula is C24H21N3O2. The minimum atomic E-state index is -0.115. The van der Waals surface area contributed by atoms with Crippen molar-refractivity contribution in [2.45, 2.75) is 19.8 Å². The number of nitrogens with zero attached hydrogens (tertiary/aromatic N) is 2. The second-order valence-corrected chi connectivity index (χ2v) is 6.87. The van der Waals surface area contributed by atoms with E-state index in [1.807, 2.05) is 73.7 Å². The highest BCUT2D eigenvalue weighted by Gasteiger charge is 2.21. The fourth-order valence-corrected chi connectivity index (χ4v) is 3.24. The third-order valence-corrected chi connectivity index (χ3v) is 4.69. The lowest BCUT2D eigenvalue weighted by atomic mass is 10.0. The molecule has 1 N–H and O–H groups in total. The van der Waals surface area contributed by atoms with Crippen LogP contribution in [-0.2, 0) is 11.2 Å². The summed E-state index contributed by atoms with van der Waals surface area (Å²) >= 11 is 0. The summed E-state index contributed by atoms with van der Waals surface area (Å²) in [5, 5.41) is 7.16. The molecule has 0 fully saturated rings. The van der Waals surface area contributed by atoms with Gasteiger partial charge in [-0.3, -0.25) is 15.1 Å². The van der Waals surface area contributed by atoms with Crippen molar-refractivity contribution in [3.05, 3.63) is 90.3 Å².